The Balaban J connectivity index is 2.66. The average Bonchev–Trinajstić information content (AvgIpc) is 2.30. The summed E-state index contributed by atoms with van der Waals surface area (Å²) in [6, 6.07) is 0. The van der Waals surface area contributed by atoms with E-state index in [1.807, 2.05) is 7.11 Å². The third-order valence-corrected chi connectivity index (χ3v) is 4.06. The first-order valence-corrected chi connectivity index (χ1v) is 6.48. The molecule has 0 spiro atoms. The molecular weight excluding hydrogens is 186 g/mol. The second-order valence-corrected chi connectivity index (χ2v) is 5.08. The van der Waals surface area contributed by atoms with Crippen LogP contribution in [0.1, 0.15) is 51.9 Å². The van der Waals surface area contributed by atoms with Gasteiger partial charge in [-0.1, -0.05) is 32.6 Å². The van der Waals surface area contributed by atoms with Crippen LogP contribution < -0.4 is 5.73 Å². The Kier molecular flexibility index (Phi) is 5.62. The summed E-state index contributed by atoms with van der Waals surface area (Å²) in [7, 11) is 1.81. The van der Waals surface area contributed by atoms with Crippen molar-refractivity contribution in [3.63, 3.8) is 0 Å². The van der Waals surface area contributed by atoms with Gasteiger partial charge in [-0.3, -0.25) is 0 Å². The van der Waals surface area contributed by atoms with Crippen LogP contribution in [-0.2, 0) is 4.74 Å². The van der Waals surface area contributed by atoms with Crippen molar-refractivity contribution in [3.05, 3.63) is 0 Å². The van der Waals surface area contributed by atoms with Crippen LogP contribution in [0.3, 0.4) is 0 Å². The van der Waals surface area contributed by atoms with Crippen molar-refractivity contribution < 1.29 is 4.74 Å². The molecule has 0 aromatic rings. The highest BCUT2D eigenvalue weighted by Crippen LogP contribution is 2.41. The molecule has 1 unspecified atom stereocenters. The number of hydrogen-bond donors (Lipinski definition) is 1. The predicted octanol–water partition coefficient (Wildman–Crippen LogP) is 2.96. The van der Waals surface area contributed by atoms with E-state index in [4.69, 9.17) is 10.5 Å². The van der Waals surface area contributed by atoms with E-state index < -0.39 is 0 Å². The van der Waals surface area contributed by atoms with Gasteiger partial charge in [-0.15, -0.1) is 0 Å². The highest BCUT2D eigenvalue weighted by molar-refractivity contribution is 4.88. The van der Waals surface area contributed by atoms with E-state index in [1.165, 1.54) is 44.9 Å². The number of ether oxygens (including phenoxy) is 1. The molecule has 0 aliphatic heterocycles. The zero-order valence-corrected chi connectivity index (χ0v) is 10.4. The Labute approximate surface area is 94.6 Å². The maximum atomic E-state index is 6.03. The van der Waals surface area contributed by atoms with Crippen molar-refractivity contribution in [1.29, 1.82) is 0 Å². The molecule has 0 aromatic heterocycles. The Bertz CT molecular complexity index is 158. The largest absolute Gasteiger partial charge is 0.384 e. The number of rotatable bonds is 6. The van der Waals surface area contributed by atoms with E-state index in [0.29, 0.717) is 0 Å². The minimum Gasteiger partial charge on any atom is -0.384 e. The summed E-state index contributed by atoms with van der Waals surface area (Å²) < 4.78 is 5.42. The zero-order valence-electron chi connectivity index (χ0n) is 10.4. The fourth-order valence-corrected chi connectivity index (χ4v) is 3.22. The molecule has 1 saturated carbocycles. The van der Waals surface area contributed by atoms with E-state index in [0.717, 1.165) is 19.1 Å². The maximum Gasteiger partial charge on any atom is 0.0533 e. The van der Waals surface area contributed by atoms with E-state index >= 15 is 0 Å². The fourth-order valence-electron chi connectivity index (χ4n) is 3.22. The molecule has 1 atom stereocenters. The molecule has 2 heteroatoms. The Morgan fingerprint density at radius 2 is 1.93 bits per heavy atom. The molecular formula is C13H27NO. The van der Waals surface area contributed by atoms with Crippen molar-refractivity contribution >= 4 is 0 Å². The average molecular weight is 213 g/mol. The predicted molar refractivity (Wildman–Crippen MR) is 64.8 cm³/mol. The first-order valence-electron chi connectivity index (χ1n) is 6.48. The lowest BCUT2D eigenvalue weighted by Gasteiger charge is -2.41. The smallest absolute Gasteiger partial charge is 0.0533 e. The minimum atomic E-state index is 0.268. The second-order valence-electron chi connectivity index (χ2n) is 5.08. The monoisotopic (exact) mass is 213 g/mol. The molecule has 1 aliphatic carbocycles. The summed E-state index contributed by atoms with van der Waals surface area (Å²) in [4.78, 5) is 0. The standard InChI is InChI=1S/C13H27NO/c1-3-9-13(10-14,11-15-2)12-7-5-4-6-8-12/h12H,3-11,14H2,1-2H3. The van der Waals surface area contributed by atoms with Gasteiger partial charge in [0.2, 0.25) is 0 Å². The quantitative estimate of drug-likeness (QED) is 0.736. The molecule has 2 N–H and O–H groups in total. The summed E-state index contributed by atoms with van der Waals surface area (Å²) in [6.07, 6.45) is 9.36. The van der Waals surface area contributed by atoms with Crippen molar-refractivity contribution in [1.82, 2.24) is 0 Å². The van der Waals surface area contributed by atoms with Gasteiger partial charge in [-0.25, -0.2) is 0 Å². The molecule has 1 fully saturated rings. The van der Waals surface area contributed by atoms with Gasteiger partial charge in [0, 0.05) is 19.1 Å². The molecule has 90 valence electrons. The van der Waals surface area contributed by atoms with E-state index in [1.54, 1.807) is 0 Å². The zero-order chi connectivity index (χ0) is 11.1. The van der Waals surface area contributed by atoms with Crippen LogP contribution in [0.2, 0.25) is 0 Å². The summed E-state index contributed by atoms with van der Waals surface area (Å²) >= 11 is 0. The molecule has 0 bridgehead atoms. The summed E-state index contributed by atoms with van der Waals surface area (Å²) in [5.74, 6) is 0.802. The van der Waals surface area contributed by atoms with Crippen LogP contribution in [0.4, 0.5) is 0 Å². The van der Waals surface area contributed by atoms with Gasteiger partial charge >= 0.3 is 0 Å². The molecule has 0 aromatic carbocycles. The van der Waals surface area contributed by atoms with Gasteiger partial charge in [0.1, 0.15) is 0 Å². The third kappa shape index (κ3) is 3.18. The minimum absolute atomic E-state index is 0.268. The van der Waals surface area contributed by atoms with Gasteiger partial charge in [-0.05, 0) is 25.2 Å². The molecule has 15 heavy (non-hydrogen) atoms. The van der Waals surface area contributed by atoms with Crippen LogP contribution in [0.15, 0.2) is 0 Å². The topological polar surface area (TPSA) is 35.2 Å². The molecule has 2 nitrogen and oxygen atoms in total. The van der Waals surface area contributed by atoms with Gasteiger partial charge < -0.3 is 10.5 Å². The summed E-state index contributed by atoms with van der Waals surface area (Å²) in [6.45, 7) is 3.89. The molecule has 1 aliphatic rings. The van der Waals surface area contributed by atoms with Crippen molar-refractivity contribution in [2.24, 2.45) is 17.1 Å². The molecule has 0 saturated heterocycles. The molecule has 0 radical (unpaired) electrons. The van der Waals surface area contributed by atoms with Crippen molar-refractivity contribution in [2.45, 2.75) is 51.9 Å². The van der Waals surface area contributed by atoms with E-state index in [9.17, 15) is 0 Å². The van der Waals surface area contributed by atoms with Gasteiger partial charge in [0.05, 0.1) is 6.61 Å². The van der Waals surface area contributed by atoms with Crippen LogP contribution in [0, 0.1) is 11.3 Å². The van der Waals surface area contributed by atoms with Crippen molar-refractivity contribution in [2.75, 3.05) is 20.3 Å². The second kappa shape index (κ2) is 6.49. The summed E-state index contributed by atoms with van der Waals surface area (Å²) in [5, 5.41) is 0. The number of nitrogens with two attached hydrogens (primary N) is 1. The first-order chi connectivity index (χ1) is 7.29. The lowest BCUT2D eigenvalue weighted by Crippen LogP contribution is -2.42. The molecule has 0 heterocycles. The first kappa shape index (κ1) is 13.0. The Hall–Kier alpha value is -0.0800. The normalized spacial score (nSPS) is 22.6. The van der Waals surface area contributed by atoms with Crippen LogP contribution in [0.25, 0.3) is 0 Å². The Morgan fingerprint density at radius 3 is 2.40 bits per heavy atom. The van der Waals surface area contributed by atoms with E-state index in [2.05, 4.69) is 6.92 Å². The Morgan fingerprint density at radius 1 is 1.27 bits per heavy atom. The third-order valence-electron chi connectivity index (χ3n) is 4.06. The lowest BCUT2D eigenvalue weighted by molar-refractivity contribution is 0.0143. The van der Waals surface area contributed by atoms with Gasteiger partial charge in [-0.2, -0.15) is 0 Å². The number of methoxy groups -OCH3 is 1. The van der Waals surface area contributed by atoms with Gasteiger partial charge in [0.15, 0.2) is 0 Å². The molecule has 1 rings (SSSR count). The van der Waals surface area contributed by atoms with Gasteiger partial charge in [0.25, 0.3) is 0 Å². The van der Waals surface area contributed by atoms with E-state index in [-0.39, 0.29) is 5.41 Å². The maximum absolute atomic E-state index is 6.03. The van der Waals surface area contributed by atoms with Crippen LogP contribution in [-0.4, -0.2) is 20.3 Å². The lowest BCUT2D eigenvalue weighted by atomic mass is 9.67. The molecule has 0 amide bonds. The highest BCUT2D eigenvalue weighted by atomic mass is 16.5. The van der Waals surface area contributed by atoms with Crippen LogP contribution >= 0.6 is 0 Å². The van der Waals surface area contributed by atoms with Crippen LogP contribution in [0.5, 0.6) is 0 Å². The van der Waals surface area contributed by atoms with Crippen molar-refractivity contribution in [3.8, 4) is 0 Å². The SMILES string of the molecule is CCCC(CN)(COC)C1CCCCC1. The fraction of sp³-hybridized carbons (Fsp3) is 1.00. The highest BCUT2D eigenvalue weighted by Gasteiger charge is 2.37. The summed E-state index contributed by atoms with van der Waals surface area (Å²) in [5.41, 5.74) is 6.30. The number of hydrogen-bond acceptors (Lipinski definition) is 2.